The number of hydrogen-bond acceptors (Lipinski definition) is 5. The molecule has 28 heavy (non-hydrogen) atoms. The molecule has 7 nitrogen and oxygen atoms in total. The predicted octanol–water partition coefficient (Wildman–Crippen LogP) is 3.98. The number of benzene rings is 1. The van der Waals surface area contributed by atoms with Gasteiger partial charge in [-0.15, -0.1) is 0 Å². The fourth-order valence-corrected chi connectivity index (χ4v) is 3.03. The molecule has 1 unspecified atom stereocenters. The van der Waals surface area contributed by atoms with E-state index >= 15 is 0 Å². The Hall–Kier alpha value is -3.02. The highest BCUT2D eigenvalue weighted by Gasteiger charge is 2.24. The van der Waals surface area contributed by atoms with Crippen molar-refractivity contribution in [2.24, 2.45) is 0 Å². The van der Waals surface area contributed by atoms with E-state index in [1.807, 2.05) is 18.2 Å². The summed E-state index contributed by atoms with van der Waals surface area (Å²) in [4.78, 5) is 15.0. The average Bonchev–Trinajstić information content (AvgIpc) is 3.01. The summed E-state index contributed by atoms with van der Waals surface area (Å²) in [5.41, 5.74) is 1.93. The van der Waals surface area contributed by atoms with Crippen molar-refractivity contribution in [3.63, 3.8) is 0 Å². The third kappa shape index (κ3) is 4.44. The Labute approximate surface area is 164 Å². The molecule has 0 amide bonds. The number of fused-ring (bicyclic) bond motifs is 1. The van der Waals surface area contributed by atoms with Crippen LogP contribution in [0, 0.1) is 22.0 Å². The van der Waals surface area contributed by atoms with Crippen molar-refractivity contribution in [1.29, 1.82) is 0 Å². The molecule has 1 atom stereocenters. The first-order valence-corrected chi connectivity index (χ1v) is 12.5. The molecule has 8 heteroatoms. The molecule has 144 valence electrons. The van der Waals surface area contributed by atoms with Gasteiger partial charge in [0.15, 0.2) is 0 Å². The molecule has 1 aromatic carbocycles. The van der Waals surface area contributed by atoms with Crippen LogP contribution in [0.15, 0.2) is 42.6 Å². The number of nitrogens with zero attached hydrogens (tertiary/aromatic N) is 4. The molecule has 0 saturated carbocycles. The lowest BCUT2D eigenvalue weighted by Gasteiger charge is -2.25. The van der Waals surface area contributed by atoms with Crippen molar-refractivity contribution in [2.45, 2.75) is 39.0 Å². The van der Waals surface area contributed by atoms with Crippen LogP contribution < -0.4 is 0 Å². The number of non-ortho nitro benzene ring substituents is 1. The van der Waals surface area contributed by atoms with Gasteiger partial charge in [-0.2, -0.15) is 5.10 Å². The zero-order valence-corrected chi connectivity index (χ0v) is 17.3. The number of nitro benzene ring substituents is 1. The number of rotatable bonds is 5. The first kappa shape index (κ1) is 19.7. The van der Waals surface area contributed by atoms with Crippen LogP contribution in [-0.2, 0) is 11.5 Å². The van der Waals surface area contributed by atoms with Gasteiger partial charge < -0.3 is 4.74 Å². The summed E-state index contributed by atoms with van der Waals surface area (Å²) in [5.74, 6) is 6.02. The molecule has 0 aliphatic heterocycles. The van der Waals surface area contributed by atoms with E-state index in [1.165, 1.54) is 12.1 Å². The number of aromatic nitrogens is 3. The topological polar surface area (TPSA) is 83.1 Å². The molecule has 0 saturated heterocycles. The highest BCUT2D eigenvalue weighted by molar-refractivity contribution is 6.77. The summed E-state index contributed by atoms with van der Waals surface area (Å²) in [6.07, 6.45) is 1.68. The van der Waals surface area contributed by atoms with Crippen LogP contribution in [0.5, 0.6) is 0 Å². The van der Waals surface area contributed by atoms with E-state index < -0.39 is 13.0 Å². The SMILES string of the molecule is CC(OCn1nc(C#Cc2ccccn2)c2ccc([N+](=O)[O-])cc21)[Si](C)(C)C. The van der Waals surface area contributed by atoms with Crippen molar-refractivity contribution in [3.8, 4) is 11.8 Å². The number of pyridine rings is 1. The van der Waals surface area contributed by atoms with Gasteiger partial charge in [-0.25, -0.2) is 9.67 Å². The van der Waals surface area contributed by atoms with Crippen LogP contribution in [-0.4, -0.2) is 33.5 Å². The first-order valence-electron chi connectivity index (χ1n) is 8.95. The van der Waals surface area contributed by atoms with E-state index in [0.29, 0.717) is 16.9 Å². The van der Waals surface area contributed by atoms with Crippen LogP contribution in [0.1, 0.15) is 18.3 Å². The second-order valence-corrected chi connectivity index (χ2v) is 13.1. The Balaban J connectivity index is 2.00. The van der Waals surface area contributed by atoms with Crippen molar-refractivity contribution in [1.82, 2.24) is 14.8 Å². The number of ether oxygens (including phenoxy) is 1. The van der Waals surface area contributed by atoms with Gasteiger partial charge in [0.1, 0.15) is 18.1 Å². The van der Waals surface area contributed by atoms with Gasteiger partial charge in [0, 0.05) is 29.4 Å². The monoisotopic (exact) mass is 394 g/mol. The Morgan fingerprint density at radius 1 is 1.25 bits per heavy atom. The van der Waals surface area contributed by atoms with Gasteiger partial charge in [-0.3, -0.25) is 10.1 Å². The number of nitro groups is 1. The minimum absolute atomic E-state index is 0.0103. The summed E-state index contributed by atoms with van der Waals surface area (Å²) in [6.45, 7) is 8.96. The predicted molar refractivity (Wildman–Crippen MR) is 110 cm³/mol. The van der Waals surface area contributed by atoms with Crippen LogP contribution in [0.4, 0.5) is 5.69 Å². The fraction of sp³-hybridized carbons (Fsp3) is 0.300. The number of hydrogen-bond donors (Lipinski definition) is 0. The quantitative estimate of drug-likeness (QED) is 0.283. The lowest BCUT2D eigenvalue weighted by atomic mass is 10.2. The van der Waals surface area contributed by atoms with Crippen LogP contribution in [0.2, 0.25) is 19.6 Å². The van der Waals surface area contributed by atoms with Crippen molar-refractivity contribution < 1.29 is 9.66 Å². The van der Waals surface area contributed by atoms with Gasteiger partial charge in [0.25, 0.3) is 5.69 Å². The molecule has 0 N–H and O–H groups in total. The lowest BCUT2D eigenvalue weighted by molar-refractivity contribution is -0.384. The molecular weight excluding hydrogens is 372 g/mol. The highest BCUT2D eigenvalue weighted by atomic mass is 28.3. The zero-order chi connectivity index (χ0) is 20.3. The van der Waals surface area contributed by atoms with Crippen molar-refractivity contribution >= 4 is 24.7 Å². The van der Waals surface area contributed by atoms with Crippen LogP contribution in [0.25, 0.3) is 10.9 Å². The van der Waals surface area contributed by atoms with Crippen molar-refractivity contribution in [2.75, 3.05) is 0 Å². The van der Waals surface area contributed by atoms with Crippen molar-refractivity contribution in [3.05, 3.63) is 64.1 Å². The third-order valence-corrected chi connectivity index (χ3v) is 7.19. The Morgan fingerprint density at radius 3 is 2.68 bits per heavy atom. The van der Waals surface area contributed by atoms with Gasteiger partial charge in [0.2, 0.25) is 0 Å². The van der Waals surface area contributed by atoms with E-state index in [9.17, 15) is 10.1 Å². The van der Waals surface area contributed by atoms with Crippen LogP contribution in [0.3, 0.4) is 0 Å². The molecule has 0 aliphatic carbocycles. The van der Waals surface area contributed by atoms with E-state index in [2.05, 4.69) is 48.5 Å². The first-order chi connectivity index (χ1) is 13.3. The van der Waals surface area contributed by atoms with Gasteiger partial charge in [-0.05, 0) is 37.0 Å². The maximum atomic E-state index is 11.2. The highest BCUT2D eigenvalue weighted by Crippen LogP contribution is 2.24. The molecule has 3 aromatic rings. The van der Waals surface area contributed by atoms with E-state index in [-0.39, 0.29) is 18.1 Å². The maximum absolute atomic E-state index is 11.2. The maximum Gasteiger partial charge on any atom is 0.271 e. The van der Waals surface area contributed by atoms with E-state index in [0.717, 1.165) is 5.39 Å². The molecule has 2 aromatic heterocycles. The average molecular weight is 395 g/mol. The summed E-state index contributed by atoms with van der Waals surface area (Å²) in [6, 6.07) is 10.2. The molecule has 0 spiro atoms. The molecule has 0 aliphatic rings. The summed E-state index contributed by atoms with van der Waals surface area (Å²) in [5, 5.41) is 16.5. The Morgan fingerprint density at radius 2 is 2.04 bits per heavy atom. The summed E-state index contributed by atoms with van der Waals surface area (Å²) in [7, 11) is -1.47. The standard InChI is InChI=1S/C20H22N4O3Si/c1-15(28(2,3)4)27-14-23-20-13-17(24(25)26)9-10-18(20)19(22-23)11-8-16-7-5-6-12-21-16/h5-7,9-10,12-13,15H,14H2,1-4H3. The molecule has 0 fully saturated rings. The van der Waals surface area contributed by atoms with E-state index in [4.69, 9.17) is 4.74 Å². The second kappa shape index (κ2) is 7.92. The molecule has 0 radical (unpaired) electrons. The Bertz CT molecular complexity index is 1060. The molecule has 0 bridgehead atoms. The molecule has 3 rings (SSSR count). The van der Waals surface area contributed by atoms with Gasteiger partial charge in [-0.1, -0.05) is 25.7 Å². The van der Waals surface area contributed by atoms with Crippen LogP contribution >= 0.6 is 0 Å². The molecular formula is C20H22N4O3Si. The Kier molecular flexibility index (Phi) is 5.58. The smallest absolute Gasteiger partial charge is 0.271 e. The fourth-order valence-electron chi connectivity index (χ4n) is 2.46. The largest absolute Gasteiger partial charge is 0.360 e. The van der Waals surface area contributed by atoms with Gasteiger partial charge >= 0.3 is 0 Å². The zero-order valence-electron chi connectivity index (χ0n) is 16.3. The molecule has 2 heterocycles. The minimum Gasteiger partial charge on any atom is -0.360 e. The van der Waals surface area contributed by atoms with E-state index in [1.54, 1.807) is 16.9 Å². The van der Waals surface area contributed by atoms with Gasteiger partial charge in [0.05, 0.1) is 18.5 Å². The minimum atomic E-state index is -1.47. The second-order valence-electron chi connectivity index (χ2n) is 7.58. The third-order valence-electron chi connectivity index (χ3n) is 4.59. The summed E-state index contributed by atoms with van der Waals surface area (Å²) < 4.78 is 7.65. The normalized spacial score (nSPS) is 12.4. The lowest BCUT2D eigenvalue weighted by Crippen LogP contribution is -2.38. The summed E-state index contributed by atoms with van der Waals surface area (Å²) >= 11 is 0.